The van der Waals surface area contributed by atoms with Crippen molar-refractivity contribution in [2.75, 3.05) is 0 Å². The van der Waals surface area contributed by atoms with Crippen LogP contribution in [0.25, 0.3) is 101 Å². The molecule has 0 bridgehead atoms. The Hall–Kier alpha value is -8.01. The first-order valence-corrected chi connectivity index (χ1v) is 20.7. The Morgan fingerprint density at radius 1 is 0.197 bits per heavy atom. The number of benzene rings is 7. The lowest BCUT2D eigenvalue weighted by atomic mass is 9.93. The molecule has 0 aliphatic rings. The van der Waals surface area contributed by atoms with Gasteiger partial charge in [0.15, 0.2) is 0 Å². The van der Waals surface area contributed by atoms with Gasteiger partial charge in [-0.2, -0.15) is 0 Å². The molecule has 0 unspecified atom stereocenters. The highest BCUT2D eigenvalue weighted by Crippen LogP contribution is 2.39. The van der Waals surface area contributed by atoms with Gasteiger partial charge < -0.3 is 0 Å². The fourth-order valence-corrected chi connectivity index (χ4v) is 7.96. The Labute approximate surface area is 357 Å². The maximum atomic E-state index is 5.41. The van der Waals surface area contributed by atoms with Crippen LogP contribution in [0, 0.1) is 6.92 Å². The topological polar surface area (TPSA) is 38.7 Å². The predicted octanol–water partition coefficient (Wildman–Crippen LogP) is 15.2. The van der Waals surface area contributed by atoms with Crippen molar-refractivity contribution in [2.24, 2.45) is 0 Å². The van der Waals surface area contributed by atoms with E-state index < -0.39 is 0 Å². The summed E-state index contributed by atoms with van der Waals surface area (Å²) in [4.78, 5) is 16.2. The Morgan fingerprint density at radius 2 is 0.459 bits per heavy atom. The van der Waals surface area contributed by atoms with Gasteiger partial charge in [0.25, 0.3) is 0 Å². The van der Waals surface area contributed by atoms with Crippen LogP contribution in [-0.4, -0.2) is 15.0 Å². The van der Waals surface area contributed by atoms with Crippen molar-refractivity contribution in [3.8, 4) is 101 Å². The second-order valence-electron chi connectivity index (χ2n) is 15.4. The molecular weight excluding hydrogens is 739 g/mol. The maximum Gasteiger partial charge on any atom is 0.0716 e. The first-order chi connectivity index (χ1) is 30.1. The molecule has 0 aliphatic heterocycles. The molecule has 288 valence electrons. The van der Waals surface area contributed by atoms with Crippen molar-refractivity contribution in [1.29, 1.82) is 0 Å². The molecule has 61 heavy (non-hydrogen) atoms. The van der Waals surface area contributed by atoms with Crippen LogP contribution in [-0.2, 0) is 0 Å². The lowest BCUT2D eigenvalue weighted by molar-refractivity contribution is 1.29. The second-order valence-corrected chi connectivity index (χ2v) is 15.4. The van der Waals surface area contributed by atoms with E-state index in [1.54, 1.807) is 0 Å². The van der Waals surface area contributed by atoms with Crippen molar-refractivity contribution in [1.82, 2.24) is 15.0 Å². The molecule has 3 nitrogen and oxygen atoms in total. The molecular formula is C58H41N3. The zero-order valence-corrected chi connectivity index (χ0v) is 33.8. The molecule has 0 spiro atoms. The third-order valence-electron chi connectivity index (χ3n) is 11.1. The van der Waals surface area contributed by atoms with E-state index in [0.29, 0.717) is 0 Å². The van der Waals surface area contributed by atoms with Crippen LogP contribution >= 0.6 is 0 Å². The fraction of sp³-hybridized carbons (Fsp3) is 0.0172. The van der Waals surface area contributed by atoms with E-state index in [1.807, 2.05) is 18.2 Å². The summed E-state index contributed by atoms with van der Waals surface area (Å²) in [5.41, 5.74) is 19.3. The number of aryl methyl sites for hydroxylation is 1. The van der Waals surface area contributed by atoms with E-state index in [2.05, 4.69) is 219 Å². The predicted molar refractivity (Wildman–Crippen MR) is 253 cm³/mol. The standard InChI is InChI=1S/C58H41N3/c1-40-18-17-29-46(30-40)49-38-55(45-27-15-6-16-28-45)61-58(39-49)52-32-50(56-36-47(41-19-7-2-8-20-41)34-53(59-56)43-23-11-4-12-24-43)31-51(33-52)57-37-48(42-21-9-3-10-22-42)35-54(60-57)44-25-13-5-14-26-44/h2-39H,1H3. The molecule has 3 heterocycles. The van der Waals surface area contributed by atoms with Gasteiger partial charge in [-0.25, -0.2) is 15.0 Å². The first kappa shape index (κ1) is 37.3. The molecule has 10 rings (SSSR count). The van der Waals surface area contributed by atoms with Crippen molar-refractivity contribution >= 4 is 0 Å². The molecule has 0 fully saturated rings. The van der Waals surface area contributed by atoms with E-state index in [1.165, 1.54) is 5.56 Å². The number of hydrogen-bond acceptors (Lipinski definition) is 3. The summed E-state index contributed by atoms with van der Waals surface area (Å²) in [6.07, 6.45) is 0. The zero-order valence-electron chi connectivity index (χ0n) is 33.8. The number of aromatic nitrogens is 3. The molecule has 10 aromatic rings. The Balaban J connectivity index is 1.24. The van der Waals surface area contributed by atoms with Crippen molar-refractivity contribution in [2.45, 2.75) is 6.92 Å². The maximum absolute atomic E-state index is 5.41. The normalized spacial score (nSPS) is 11.0. The number of pyridine rings is 3. The minimum atomic E-state index is 0.865. The van der Waals surface area contributed by atoms with Crippen LogP contribution in [0.4, 0.5) is 0 Å². The summed E-state index contributed by atoms with van der Waals surface area (Å²) in [5, 5.41) is 0. The number of hydrogen-bond donors (Lipinski definition) is 0. The Bertz CT molecular complexity index is 2850. The van der Waals surface area contributed by atoms with Crippen molar-refractivity contribution in [3.05, 3.63) is 236 Å². The Kier molecular flexibility index (Phi) is 10.2. The highest BCUT2D eigenvalue weighted by Gasteiger charge is 2.17. The molecule has 0 radical (unpaired) electrons. The third-order valence-corrected chi connectivity index (χ3v) is 11.1. The summed E-state index contributed by atoms with van der Waals surface area (Å²) in [6.45, 7) is 2.14. The van der Waals surface area contributed by atoms with Crippen LogP contribution in [0.2, 0.25) is 0 Å². The summed E-state index contributed by atoms with van der Waals surface area (Å²) in [5.74, 6) is 0. The molecule has 3 heteroatoms. The third kappa shape index (κ3) is 8.18. The smallest absolute Gasteiger partial charge is 0.0716 e. The molecule has 3 aromatic heterocycles. The largest absolute Gasteiger partial charge is 0.248 e. The molecule has 7 aromatic carbocycles. The van der Waals surface area contributed by atoms with E-state index in [-0.39, 0.29) is 0 Å². The van der Waals surface area contributed by atoms with E-state index in [0.717, 1.165) is 101 Å². The van der Waals surface area contributed by atoms with Gasteiger partial charge in [-0.3, -0.25) is 0 Å². The van der Waals surface area contributed by atoms with Crippen LogP contribution in [0.1, 0.15) is 5.56 Å². The highest BCUT2D eigenvalue weighted by molar-refractivity contribution is 5.86. The summed E-state index contributed by atoms with van der Waals surface area (Å²) < 4.78 is 0. The molecule has 0 N–H and O–H groups in total. The van der Waals surface area contributed by atoms with Gasteiger partial charge in [-0.1, -0.05) is 181 Å². The number of nitrogens with zero attached hydrogens (tertiary/aromatic N) is 3. The van der Waals surface area contributed by atoms with Gasteiger partial charge in [0.05, 0.1) is 34.2 Å². The molecule has 0 atom stereocenters. The summed E-state index contributed by atoms with van der Waals surface area (Å²) in [6, 6.07) is 81.0. The molecule has 0 saturated heterocycles. The van der Waals surface area contributed by atoms with Crippen molar-refractivity contribution in [3.63, 3.8) is 0 Å². The fourth-order valence-electron chi connectivity index (χ4n) is 7.96. The van der Waals surface area contributed by atoms with Gasteiger partial charge in [0.2, 0.25) is 0 Å². The average Bonchev–Trinajstić information content (AvgIpc) is 3.35. The van der Waals surface area contributed by atoms with Gasteiger partial charge >= 0.3 is 0 Å². The minimum absolute atomic E-state index is 0.865. The minimum Gasteiger partial charge on any atom is -0.248 e. The summed E-state index contributed by atoms with van der Waals surface area (Å²) >= 11 is 0. The quantitative estimate of drug-likeness (QED) is 0.146. The van der Waals surface area contributed by atoms with Crippen LogP contribution in [0.3, 0.4) is 0 Å². The number of rotatable bonds is 9. The van der Waals surface area contributed by atoms with E-state index in [4.69, 9.17) is 15.0 Å². The van der Waals surface area contributed by atoms with Crippen LogP contribution in [0.15, 0.2) is 231 Å². The van der Waals surface area contributed by atoms with Gasteiger partial charge in [-0.05, 0) is 94.9 Å². The monoisotopic (exact) mass is 779 g/mol. The van der Waals surface area contributed by atoms with Gasteiger partial charge in [-0.15, -0.1) is 0 Å². The molecule has 0 amide bonds. The van der Waals surface area contributed by atoms with Crippen molar-refractivity contribution < 1.29 is 0 Å². The lowest BCUT2D eigenvalue weighted by Crippen LogP contribution is -1.96. The summed E-state index contributed by atoms with van der Waals surface area (Å²) in [7, 11) is 0. The first-order valence-electron chi connectivity index (χ1n) is 20.7. The second kappa shape index (κ2) is 16.7. The van der Waals surface area contributed by atoms with E-state index >= 15 is 0 Å². The highest BCUT2D eigenvalue weighted by atomic mass is 14.7. The van der Waals surface area contributed by atoms with Crippen LogP contribution < -0.4 is 0 Å². The zero-order chi connectivity index (χ0) is 41.0. The van der Waals surface area contributed by atoms with Crippen LogP contribution in [0.5, 0.6) is 0 Å². The lowest BCUT2D eigenvalue weighted by Gasteiger charge is -2.16. The SMILES string of the molecule is Cc1cccc(-c2cc(-c3ccccc3)nc(-c3cc(-c4cc(-c5ccccc5)cc(-c5ccccc5)n4)cc(-c4cc(-c5ccccc5)cc(-c5ccccc5)n4)c3)c2)c1. The average molecular weight is 780 g/mol. The van der Waals surface area contributed by atoms with Gasteiger partial charge in [0, 0.05) is 33.4 Å². The molecule has 0 aliphatic carbocycles. The Morgan fingerprint density at radius 3 is 0.770 bits per heavy atom. The van der Waals surface area contributed by atoms with Gasteiger partial charge in [0.1, 0.15) is 0 Å². The van der Waals surface area contributed by atoms with E-state index in [9.17, 15) is 0 Å². The molecule has 0 saturated carbocycles.